The van der Waals surface area contributed by atoms with Crippen molar-refractivity contribution in [1.82, 2.24) is 5.32 Å². The Morgan fingerprint density at radius 2 is 1.93 bits per heavy atom. The molecule has 0 aliphatic heterocycles. The standard InChI is InChI=1S/C12H25NO2/c1-3-12(15,4-2)9-13-8-10-5-6-11(14)7-10/h10-11,13-15H,3-9H2,1-2H3. The number of nitrogens with one attached hydrogen (secondary N) is 1. The average molecular weight is 215 g/mol. The van der Waals surface area contributed by atoms with Gasteiger partial charge >= 0.3 is 0 Å². The predicted molar refractivity (Wildman–Crippen MR) is 61.7 cm³/mol. The van der Waals surface area contributed by atoms with E-state index in [1.165, 1.54) is 0 Å². The smallest absolute Gasteiger partial charge is 0.0766 e. The molecular formula is C12H25NO2. The summed E-state index contributed by atoms with van der Waals surface area (Å²) in [6, 6.07) is 0. The van der Waals surface area contributed by atoms with E-state index in [-0.39, 0.29) is 6.10 Å². The summed E-state index contributed by atoms with van der Waals surface area (Å²) in [4.78, 5) is 0. The van der Waals surface area contributed by atoms with Crippen LogP contribution >= 0.6 is 0 Å². The Bertz CT molecular complexity index is 180. The van der Waals surface area contributed by atoms with Gasteiger partial charge in [-0.25, -0.2) is 0 Å². The van der Waals surface area contributed by atoms with Crippen LogP contribution in [0.4, 0.5) is 0 Å². The van der Waals surface area contributed by atoms with Crippen LogP contribution in [0.5, 0.6) is 0 Å². The Kier molecular flexibility index (Phi) is 5.03. The van der Waals surface area contributed by atoms with E-state index in [2.05, 4.69) is 5.32 Å². The van der Waals surface area contributed by atoms with Crippen LogP contribution in [-0.2, 0) is 0 Å². The zero-order valence-electron chi connectivity index (χ0n) is 10.00. The SMILES string of the molecule is CCC(O)(CC)CNCC1CCC(O)C1. The van der Waals surface area contributed by atoms with Crippen LogP contribution in [-0.4, -0.2) is 35.0 Å². The minimum absolute atomic E-state index is 0.0898. The lowest BCUT2D eigenvalue weighted by Gasteiger charge is -2.26. The maximum Gasteiger partial charge on any atom is 0.0766 e. The highest BCUT2D eigenvalue weighted by Crippen LogP contribution is 2.24. The fourth-order valence-electron chi connectivity index (χ4n) is 2.24. The highest BCUT2D eigenvalue weighted by molar-refractivity contribution is 4.80. The van der Waals surface area contributed by atoms with Gasteiger partial charge in [-0.2, -0.15) is 0 Å². The zero-order valence-corrected chi connectivity index (χ0v) is 10.00. The predicted octanol–water partition coefficient (Wildman–Crippen LogP) is 1.29. The molecule has 0 spiro atoms. The molecule has 0 bridgehead atoms. The Hall–Kier alpha value is -0.120. The summed E-state index contributed by atoms with van der Waals surface area (Å²) >= 11 is 0. The van der Waals surface area contributed by atoms with Crippen molar-refractivity contribution in [2.24, 2.45) is 5.92 Å². The Morgan fingerprint density at radius 1 is 1.27 bits per heavy atom. The molecule has 2 unspecified atom stereocenters. The van der Waals surface area contributed by atoms with Crippen molar-refractivity contribution in [2.45, 2.75) is 57.7 Å². The van der Waals surface area contributed by atoms with Crippen molar-refractivity contribution in [3.05, 3.63) is 0 Å². The topological polar surface area (TPSA) is 52.5 Å². The Balaban J connectivity index is 2.15. The second kappa shape index (κ2) is 5.83. The van der Waals surface area contributed by atoms with Crippen LogP contribution in [0.25, 0.3) is 0 Å². The third kappa shape index (κ3) is 4.09. The Morgan fingerprint density at radius 3 is 2.40 bits per heavy atom. The van der Waals surface area contributed by atoms with Crippen molar-refractivity contribution >= 4 is 0 Å². The van der Waals surface area contributed by atoms with Gasteiger partial charge in [0.05, 0.1) is 11.7 Å². The van der Waals surface area contributed by atoms with E-state index in [0.29, 0.717) is 12.5 Å². The molecule has 1 aliphatic rings. The summed E-state index contributed by atoms with van der Waals surface area (Å²) in [5.74, 6) is 0.595. The van der Waals surface area contributed by atoms with E-state index in [9.17, 15) is 10.2 Å². The first-order valence-electron chi connectivity index (χ1n) is 6.21. The summed E-state index contributed by atoms with van der Waals surface area (Å²) in [6.45, 7) is 5.64. The molecule has 3 nitrogen and oxygen atoms in total. The van der Waals surface area contributed by atoms with Crippen molar-refractivity contribution in [3.8, 4) is 0 Å². The third-order valence-corrected chi connectivity index (χ3v) is 3.72. The number of hydrogen-bond donors (Lipinski definition) is 3. The molecule has 0 amide bonds. The summed E-state index contributed by atoms with van der Waals surface area (Å²) in [6.07, 6.45) is 4.48. The maximum absolute atomic E-state index is 10.0. The average Bonchev–Trinajstić information content (AvgIpc) is 2.64. The largest absolute Gasteiger partial charge is 0.393 e. The minimum atomic E-state index is -0.544. The molecule has 3 N–H and O–H groups in total. The monoisotopic (exact) mass is 215 g/mol. The molecule has 0 heterocycles. The molecule has 0 saturated heterocycles. The van der Waals surface area contributed by atoms with Crippen molar-refractivity contribution in [2.75, 3.05) is 13.1 Å². The molecule has 0 aromatic carbocycles. The van der Waals surface area contributed by atoms with Gasteiger partial charge in [-0.1, -0.05) is 13.8 Å². The second-order valence-corrected chi connectivity index (χ2v) is 4.90. The van der Waals surface area contributed by atoms with Crippen molar-refractivity contribution in [3.63, 3.8) is 0 Å². The maximum atomic E-state index is 10.0. The molecule has 1 aliphatic carbocycles. The van der Waals surface area contributed by atoms with Crippen LogP contribution in [0.15, 0.2) is 0 Å². The van der Waals surface area contributed by atoms with Gasteiger partial charge in [0.2, 0.25) is 0 Å². The summed E-state index contributed by atoms with van der Waals surface area (Å²) < 4.78 is 0. The van der Waals surface area contributed by atoms with Gasteiger partial charge in [0, 0.05) is 6.54 Å². The molecule has 0 aromatic rings. The molecule has 1 rings (SSSR count). The number of rotatable bonds is 6. The third-order valence-electron chi connectivity index (χ3n) is 3.72. The van der Waals surface area contributed by atoms with Crippen LogP contribution < -0.4 is 5.32 Å². The van der Waals surface area contributed by atoms with Gasteiger partial charge in [-0.15, -0.1) is 0 Å². The number of aliphatic hydroxyl groups excluding tert-OH is 1. The highest BCUT2D eigenvalue weighted by Gasteiger charge is 2.25. The quantitative estimate of drug-likeness (QED) is 0.626. The lowest BCUT2D eigenvalue weighted by Crippen LogP contribution is -2.41. The van der Waals surface area contributed by atoms with Crippen LogP contribution in [0.3, 0.4) is 0 Å². The molecule has 0 aromatic heterocycles. The van der Waals surface area contributed by atoms with E-state index in [1.54, 1.807) is 0 Å². The first kappa shape index (κ1) is 12.9. The van der Waals surface area contributed by atoms with E-state index < -0.39 is 5.60 Å². The normalized spacial score (nSPS) is 27.2. The molecule has 1 saturated carbocycles. The Labute approximate surface area is 92.9 Å². The molecule has 3 heteroatoms. The molecule has 15 heavy (non-hydrogen) atoms. The summed E-state index contributed by atoms with van der Waals surface area (Å²) in [5.41, 5.74) is -0.544. The van der Waals surface area contributed by atoms with Crippen molar-refractivity contribution < 1.29 is 10.2 Å². The first-order chi connectivity index (χ1) is 7.09. The molecule has 0 radical (unpaired) electrons. The fraction of sp³-hybridized carbons (Fsp3) is 1.00. The van der Waals surface area contributed by atoms with Crippen molar-refractivity contribution in [1.29, 1.82) is 0 Å². The van der Waals surface area contributed by atoms with Gasteiger partial charge in [0.15, 0.2) is 0 Å². The van der Waals surface area contributed by atoms with Crippen LogP contribution in [0.2, 0.25) is 0 Å². The van der Waals surface area contributed by atoms with E-state index >= 15 is 0 Å². The van der Waals surface area contributed by atoms with E-state index in [0.717, 1.165) is 38.6 Å². The molecule has 1 fully saturated rings. The number of aliphatic hydroxyl groups is 2. The summed E-state index contributed by atoms with van der Waals surface area (Å²) in [5, 5.41) is 22.7. The van der Waals surface area contributed by atoms with Gasteiger partial charge in [-0.05, 0) is 44.6 Å². The highest BCUT2D eigenvalue weighted by atomic mass is 16.3. The van der Waals surface area contributed by atoms with Gasteiger partial charge < -0.3 is 15.5 Å². The first-order valence-corrected chi connectivity index (χ1v) is 6.21. The van der Waals surface area contributed by atoms with E-state index in [1.807, 2.05) is 13.8 Å². The molecule has 2 atom stereocenters. The second-order valence-electron chi connectivity index (χ2n) is 4.90. The van der Waals surface area contributed by atoms with Gasteiger partial charge in [-0.3, -0.25) is 0 Å². The minimum Gasteiger partial charge on any atom is -0.393 e. The zero-order chi connectivity index (χ0) is 11.3. The lowest BCUT2D eigenvalue weighted by atomic mass is 9.97. The van der Waals surface area contributed by atoms with E-state index in [4.69, 9.17) is 0 Å². The summed E-state index contributed by atoms with van der Waals surface area (Å²) in [7, 11) is 0. The van der Waals surface area contributed by atoms with Crippen LogP contribution in [0.1, 0.15) is 46.0 Å². The van der Waals surface area contributed by atoms with Gasteiger partial charge in [0.1, 0.15) is 0 Å². The molecular weight excluding hydrogens is 190 g/mol. The number of hydrogen-bond acceptors (Lipinski definition) is 3. The lowest BCUT2D eigenvalue weighted by molar-refractivity contribution is 0.0317. The fourth-order valence-corrected chi connectivity index (χ4v) is 2.24. The molecule has 90 valence electrons. The van der Waals surface area contributed by atoms with Crippen LogP contribution in [0, 0.1) is 5.92 Å². The van der Waals surface area contributed by atoms with Gasteiger partial charge in [0.25, 0.3) is 0 Å².